The van der Waals surface area contributed by atoms with Crippen LogP contribution in [0.15, 0.2) is 40.3 Å². The normalized spacial score (nSPS) is 19.2. The molecule has 0 aromatic carbocycles. The first-order valence-corrected chi connectivity index (χ1v) is 13.8. The van der Waals surface area contributed by atoms with Gasteiger partial charge in [0.25, 0.3) is 0 Å². The molecule has 8 bridgehead atoms. The minimum absolute atomic E-state index is 0. The molecule has 1 radical (unpaired) electrons. The number of fused-ring (bicyclic) bond motifs is 8. The van der Waals surface area contributed by atoms with Crippen molar-refractivity contribution in [1.29, 1.82) is 0 Å². The van der Waals surface area contributed by atoms with Crippen LogP contribution in [-0.2, 0) is 33.1 Å². The van der Waals surface area contributed by atoms with Crippen molar-refractivity contribution < 1.29 is 36.9 Å². The van der Waals surface area contributed by atoms with Crippen LogP contribution >= 0.6 is 0 Å². The molecule has 42 heavy (non-hydrogen) atoms. The van der Waals surface area contributed by atoms with Crippen molar-refractivity contribution in [2.24, 2.45) is 0 Å². The second-order valence-electron chi connectivity index (χ2n) is 10.9. The molecule has 2 aromatic heterocycles. The van der Waals surface area contributed by atoms with E-state index >= 15 is 0 Å². The topological polar surface area (TPSA) is 131 Å². The molecule has 8 nitrogen and oxygen atoms in total. The SMILES string of the molecule is C=Cc1c2[n-]c(c1C)C=C1[N-]C(C=c3[n-]c(c(C)c3CCC(=O)O)=CC3[N-]C(=C2)C(C)=C3C)C(CCC(=O)O)=C1C.[Fe+3]. The van der Waals surface area contributed by atoms with E-state index in [2.05, 4.69) is 20.4 Å². The molecule has 0 amide bonds. The zero-order chi connectivity index (χ0) is 29.6. The molecule has 2 aromatic rings. The smallest absolute Gasteiger partial charge is 0.675 e. The summed E-state index contributed by atoms with van der Waals surface area (Å²) in [6, 6.07) is -0.624. The quantitative estimate of drug-likeness (QED) is 0.433. The average Bonchev–Trinajstić information content (AvgIpc) is 3.56. The third-order valence-corrected chi connectivity index (χ3v) is 8.47. The summed E-state index contributed by atoms with van der Waals surface area (Å²) in [6.07, 6.45) is 10.4. The second-order valence-corrected chi connectivity index (χ2v) is 10.9. The number of carbonyl (C=O) groups is 2. The van der Waals surface area contributed by atoms with Crippen LogP contribution in [0.3, 0.4) is 0 Å². The molecule has 0 saturated carbocycles. The number of aromatic nitrogens is 2. The number of allylic oxidation sites excluding steroid dienone is 2. The first-order valence-electron chi connectivity index (χ1n) is 13.8. The average molecular weight is 607 g/mol. The standard InChI is InChI=1S/C33H34N4O4.Fe/c1-7-21-18(4)26-13-28-20(6)23(9-11-33(40)41)31(37-28)15-30-22(8-10-32(38)39)19(5)27(36-30)12-24-16(2)17(3)25(34-24)14-29(21)35-26;/h7,12-15,24,31H,1,8-11H2,2-6H3,(H,38,39)(H,40,41);/q-4;+3. The summed E-state index contributed by atoms with van der Waals surface area (Å²) in [6.45, 7) is 14.1. The Morgan fingerprint density at radius 1 is 0.810 bits per heavy atom. The van der Waals surface area contributed by atoms with Gasteiger partial charge in [-0.25, -0.2) is 0 Å². The van der Waals surface area contributed by atoms with E-state index in [0.29, 0.717) is 18.2 Å². The summed E-state index contributed by atoms with van der Waals surface area (Å²) in [5, 5.41) is 30.3. The Hall–Kier alpha value is -3.94. The summed E-state index contributed by atoms with van der Waals surface area (Å²) in [5.41, 5.74) is 10.9. The fraction of sp³-hybridized carbons (Fsp3) is 0.333. The van der Waals surface area contributed by atoms with E-state index in [0.717, 1.165) is 72.7 Å². The zero-order valence-electron chi connectivity index (χ0n) is 24.4. The predicted molar refractivity (Wildman–Crippen MR) is 161 cm³/mol. The summed E-state index contributed by atoms with van der Waals surface area (Å²) in [4.78, 5) is 32.9. The van der Waals surface area contributed by atoms with Gasteiger partial charge in [0.2, 0.25) is 0 Å². The third-order valence-electron chi connectivity index (χ3n) is 8.47. The van der Waals surface area contributed by atoms with E-state index in [1.807, 2.05) is 51.2 Å². The monoisotopic (exact) mass is 606 g/mol. The van der Waals surface area contributed by atoms with Crippen molar-refractivity contribution in [1.82, 2.24) is 9.97 Å². The van der Waals surface area contributed by atoms with Crippen LogP contribution < -0.4 is 20.7 Å². The number of carboxylic acids is 2. The molecule has 0 fully saturated rings. The number of nitrogens with zero attached hydrogens (tertiary/aromatic N) is 4. The molecule has 5 rings (SSSR count). The molecule has 2 atom stereocenters. The van der Waals surface area contributed by atoms with Crippen molar-refractivity contribution in [2.45, 2.75) is 72.4 Å². The van der Waals surface area contributed by atoms with E-state index in [-0.39, 0.29) is 36.0 Å². The Labute approximate surface area is 256 Å². The van der Waals surface area contributed by atoms with E-state index in [1.54, 1.807) is 0 Å². The number of rotatable bonds is 7. The largest absolute Gasteiger partial charge is 3.00 e. The van der Waals surface area contributed by atoms with Crippen molar-refractivity contribution in [3.63, 3.8) is 0 Å². The Morgan fingerprint density at radius 2 is 1.40 bits per heavy atom. The van der Waals surface area contributed by atoms with Crippen LogP contribution in [0, 0.1) is 13.8 Å². The second kappa shape index (κ2) is 12.1. The minimum atomic E-state index is -0.875. The molecule has 219 valence electrons. The van der Waals surface area contributed by atoms with Gasteiger partial charge in [0.15, 0.2) is 0 Å². The molecule has 0 saturated heterocycles. The van der Waals surface area contributed by atoms with Gasteiger partial charge >= 0.3 is 29.0 Å². The minimum Gasteiger partial charge on any atom is -0.675 e. The van der Waals surface area contributed by atoms with Gasteiger partial charge in [-0.05, 0) is 53.0 Å². The summed E-state index contributed by atoms with van der Waals surface area (Å²) >= 11 is 0. The maximum atomic E-state index is 11.5. The molecule has 2 N–H and O–H groups in total. The molecular weight excluding hydrogens is 572 g/mol. The molecular formula is C33H34FeN4O4-. The molecule has 5 heterocycles. The van der Waals surface area contributed by atoms with Crippen LogP contribution in [0.2, 0.25) is 0 Å². The van der Waals surface area contributed by atoms with Gasteiger partial charge in [0.05, 0.1) is 0 Å². The van der Waals surface area contributed by atoms with Gasteiger partial charge in [-0.2, -0.15) is 0 Å². The molecule has 3 aliphatic rings. The summed E-state index contributed by atoms with van der Waals surface area (Å²) in [5.74, 6) is -1.75. The summed E-state index contributed by atoms with van der Waals surface area (Å²) < 4.78 is 0. The fourth-order valence-corrected chi connectivity index (χ4v) is 5.79. The van der Waals surface area contributed by atoms with Crippen LogP contribution in [-0.4, -0.2) is 34.2 Å². The third kappa shape index (κ3) is 5.72. The van der Waals surface area contributed by atoms with E-state index in [9.17, 15) is 19.8 Å². The van der Waals surface area contributed by atoms with Crippen LogP contribution in [0.4, 0.5) is 0 Å². The van der Waals surface area contributed by atoms with Gasteiger partial charge in [0, 0.05) is 12.8 Å². The maximum absolute atomic E-state index is 11.5. The Balaban J connectivity index is 0.00000405. The molecule has 0 aliphatic carbocycles. The van der Waals surface area contributed by atoms with Crippen molar-refractivity contribution in [3.05, 3.63) is 95.2 Å². The molecule has 9 heteroatoms. The Bertz CT molecular complexity index is 1730. The van der Waals surface area contributed by atoms with Crippen molar-refractivity contribution in [2.75, 3.05) is 0 Å². The Kier molecular flexibility index (Phi) is 8.95. The first kappa shape index (κ1) is 31.0. The van der Waals surface area contributed by atoms with Gasteiger partial charge in [-0.1, -0.05) is 75.9 Å². The van der Waals surface area contributed by atoms with Crippen molar-refractivity contribution in [3.8, 4) is 0 Å². The zero-order valence-corrected chi connectivity index (χ0v) is 25.5. The molecule has 2 unspecified atom stereocenters. The maximum Gasteiger partial charge on any atom is 3.00 e. The van der Waals surface area contributed by atoms with Crippen LogP contribution in [0.5, 0.6) is 0 Å². The number of hydrogen-bond donors (Lipinski definition) is 2. The predicted octanol–water partition coefficient (Wildman–Crippen LogP) is 4.86. The number of hydrogen-bond acceptors (Lipinski definition) is 2. The number of carboxylic acid groups (broad SMARTS) is 2. The summed E-state index contributed by atoms with van der Waals surface area (Å²) in [7, 11) is 0. The van der Waals surface area contributed by atoms with Gasteiger partial charge in [-0.3, -0.25) is 9.59 Å². The first-order chi connectivity index (χ1) is 19.5. The van der Waals surface area contributed by atoms with Crippen molar-refractivity contribution >= 4 is 42.3 Å². The van der Waals surface area contributed by atoms with Gasteiger partial charge in [-0.15, -0.1) is 45.6 Å². The molecule has 0 spiro atoms. The van der Waals surface area contributed by atoms with Gasteiger partial charge < -0.3 is 30.8 Å². The van der Waals surface area contributed by atoms with Crippen LogP contribution in [0.1, 0.15) is 73.7 Å². The molecule has 3 aliphatic heterocycles. The van der Waals surface area contributed by atoms with E-state index in [4.69, 9.17) is 20.6 Å². The van der Waals surface area contributed by atoms with Crippen LogP contribution in [0.25, 0.3) is 41.0 Å². The van der Waals surface area contributed by atoms with E-state index in [1.165, 1.54) is 0 Å². The number of aliphatic carboxylic acids is 2. The fourth-order valence-electron chi connectivity index (χ4n) is 5.79. The Morgan fingerprint density at radius 3 is 2.07 bits per heavy atom. The van der Waals surface area contributed by atoms with Gasteiger partial charge in [0.1, 0.15) is 0 Å². The van der Waals surface area contributed by atoms with E-state index < -0.39 is 18.0 Å².